The summed E-state index contributed by atoms with van der Waals surface area (Å²) in [5.74, 6) is 0.980. The van der Waals surface area contributed by atoms with Gasteiger partial charge in [-0.05, 0) is 31.0 Å². The van der Waals surface area contributed by atoms with Crippen molar-refractivity contribution in [3.63, 3.8) is 0 Å². The Balaban J connectivity index is 1.86. The van der Waals surface area contributed by atoms with Crippen LogP contribution in [-0.4, -0.2) is 20.2 Å². The molecular weight excluding hydrogens is 254 g/mol. The van der Waals surface area contributed by atoms with Crippen molar-refractivity contribution in [3.05, 3.63) is 22.7 Å². The minimum atomic E-state index is 0.688. The van der Waals surface area contributed by atoms with E-state index < -0.39 is 0 Å². The molecule has 1 aromatic carbocycles. The van der Waals surface area contributed by atoms with Gasteiger partial charge >= 0.3 is 0 Å². The van der Waals surface area contributed by atoms with Crippen molar-refractivity contribution in [1.82, 2.24) is 0 Å². The number of halogens is 1. The molecule has 1 saturated carbocycles. The third-order valence-corrected chi connectivity index (χ3v) is 3.98. The summed E-state index contributed by atoms with van der Waals surface area (Å²) in [5.41, 5.74) is 1.91. The van der Waals surface area contributed by atoms with Crippen LogP contribution in [0.3, 0.4) is 0 Å². The van der Waals surface area contributed by atoms with Crippen LogP contribution in [0.4, 0.5) is 5.69 Å². The van der Waals surface area contributed by atoms with Crippen molar-refractivity contribution < 1.29 is 4.74 Å². The van der Waals surface area contributed by atoms with Crippen molar-refractivity contribution in [1.29, 1.82) is 0 Å². The van der Waals surface area contributed by atoms with Gasteiger partial charge in [-0.2, -0.15) is 0 Å². The van der Waals surface area contributed by atoms with E-state index in [0.717, 1.165) is 10.2 Å². The zero-order chi connectivity index (χ0) is 10.5. The van der Waals surface area contributed by atoms with E-state index >= 15 is 0 Å². The van der Waals surface area contributed by atoms with E-state index in [1.165, 1.54) is 31.6 Å². The monoisotopic (exact) mass is 267 g/mol. The number of hydrogen-bond donors (Lipinski definition) is 0. The molecule has 80 valence electrons. The number of hydrogen-bond acceptors (Lipinski definition) is 2. The van der Waals surface area contributed by atoms with E-state index in [-0.39, 0.29) is 0 Å². The maximum Gasteiger partial charge on any atom is 0.142 e. The van der Waals surface area contributed by atoms with Gasteiger partial charge in [0.15, 0.2) is 0 Å². The van der Waals surface area contributed by atoms with Gasteiger partial charge in [0.25, 0.3) is 0 Å². The number of methoxy groups -OCH3 is 1. The lowest BCUT2D eigenvalue weighted by Gasteiger charge is -2.42. The first-order chi connectivity index (χ1) is 7.22. The summed E-state index contributed by atoms with van der Waals surface area (Å²) in [7, 11) is 1.74. The van der Waals surface area contributed by atoms with Crippen LogP contribution in [0, 0.1) is 5.41 Å². The molecule has 2 fully saturated rings. The topological polar surface area (TPSA) is 12.5 Å². The van der Waals surface area contributed by atoms with Crippen LogP contribution in [-0.2, 0) is 0 Å². The van der Waals surface area contributed by atoms with Gasteiger partial charge in [0.2, 0.25) is 0 Å². The normalized spacial score (nSPS) is 21.3. The van der Waals surface area contributed by atoms with Crippen LogP contribution in [0.2, 0.25) is 0 Å². The third-order valence-electron chi connectivity index (χ3n) is 3.49. The molecular formula is C12H14BrNO. The lowest BCUT2D eigenvalue weighted by Crippen LogP contribution is -2.48. The second-order valence-electron chi connectivity index (χ2n) is 4.67. The number of ether oxygens (including phenoxy) is 1. The highest BCUT2D eigenvalue weighted by Crippen LogP contribution is 2.55. The van der Waals surface area contributed by atoms with Gasteiger partial charge in [0.05, 0.1) is 12.8 Å². The van der Waals surface area contributed by atoms with Gasteiger partial charge < -0.3 is 9.64 Å². The summed E-state index contributed by atoms with van der Waals surface area (Å²) in [6.45, 7) is 2.42. The zero-order valence-corrected chi connectivity index (χ0v) is 10.4. The molecule has 2 nitrogen and oxygen atoms in total. The molecule has 0 bridgehead atoms. The molecule has 15 heavy (non-hydrogen) atoms. The van der Waals surface area contributed by atoms with Crippen LogP contribution in [0.5, 0.6) is 5.75 Å². The highest BCUT2D eigenvalue weighted by molar-refractivity contribution is 9.10. The summed E-state index contributed by atoms with van der Waals surface area (Å²) in [6.07, 6.45) is 2.83. The molecule has 0 unspecified atom stereocenters. The minimum absolute atomic E-state index is 0.688. The fourth-order valence-electron chi connectivity index (χ4n) is 2.34. The van der Waals surface area contributed by atoms with Gasteiger partial charge in [-0.1, -0.05) is 15.9 Å². The standard InChI is InChI=1S/C12H14BrNO/c1-15-11-3-2-9(13)6-10(11)14-7-12(8-14)4-5-12/h2-3,6H,4-5,7-8H2,1H3. The summed E-state index contributed by atoms with van der Waals surface area (Å²) < 4.78 is 6.50. The lowest BCUT2D eigenvalue weighted by molar-refractivity contribution is 0.371. The fraction of sp³-hybridized carbons (Fsp3) is 0.500. The zero-order valence-electron chi connectivity index (χ0n) is 8.79. The third kappa shape index (κ3) is 1.53. The predicted molar refractivity (Wildman–Crippen MR) is 64.6 cm³/mol. The minimum Gasteiger partial charge on any atom is -0.495 e. The first kappa shape index (κ1) is 9.52. The molecule has 1 aliphatic heterocycles. The molecule has 0 radical (unpaired) electrons. The molecule has 0 amide bonds. The Labute approximate surface area is 98.4 Å². The van der Waals surface area contributed by atoms with E-state index in [2.05, 4.69) is 26.9 Å². The number of nitrogens with zero attached hydrogens (tertiary/aromatic N) is 1. The highest BCUT2D eigenvalue weighted by atomic mass is 79.9. The molecule has 1 spiro atoms. The van der Waals surface area contributed by atoms with E-state index in [1.54, 1.807) is 7.11 Å². The Morgan fingerprint density at radius 3 is 2.67 bits per heavy atom. The molecule has 1 saturated heterocycles. The van der Waals surface area contributed by atoms with E-state index in [9.17, 15) is 0 Å². The molecule has 0 atom stereocenters. The Morgan fingerprint density at radius 2 is 2.07 bits per heavy atom. The van der Waals surface area contributed by atoms with Gasteiger partial charge in [-0.25, -0.2) is 0 Å². The van der Waals surface area contributed by atoms with E-state index in [1.807, 2.05) is 12.1 Å². The largest absolute Gasteiger partial charge is 0.495 e. The van der Waals surface area contributed by atoms with Crippen molar-refractivity contribution >= 4 is 21.6 Å². The maximum atomic E-state index is 5.38. The van der Waals surface area contributed by atoms with Crippen molar-refractivity contribution in [2.24, 2.45) is 5.41 Å². The van der Waals surface area contributed by atoms with Crippen molar-refractivity contribution in [2.75, 3.05) is 25.1 Å². The summed E-state index contributed by atoms with van der Waals surface area (Å²) in [4.78, 5) is 2.41. The predicted octanol–water partition coefficient (Wildman–Crippen LogP) is 3.06. The van der Waals surface area contributed by atoms with Crippen LogP contribution in [0.15, 0.2) is 22.7 Å². The van der Waals surface area contributed by atoms with Crippen LogP contribution >= 0.6 is 15.9 Å². The van der Waals surface area contributed by atoms with Gasteiger partial charge in [-0.15, -0.1) is 0 Å². The van der Waals surface area contributed by atoms with Gasteiger partial charge in [-0.3, -0.25) is 0 Å². The molecule has 0 N–H and O–H groups in total. The average Bonchev–Trinajstić information content (AvgIpc) is 2.95. The second-order valence-corrected chi connectivity index (χ2v) is 5.59. The van der Waals surface area contributed by atoms with Crippen molar-refractivity contribution in [2.45, 2.75) is 12.8 Å². The second kappa shape index (κ2) is 3.14. The molecule has 1 heterocycles. The Hall–Kier alpha value is -0.700. The summed E-state index contributed by atoms with van der Waals surface area (Å²) in [5, 5.41) is 0. The number of anilines is 1. The first-order valence-electron chi connectivity index (χ1n) is 5.31. The van der Waals surface area contributed by atoms with Crippen molar-refractivity contribution in [3.8, 4) is 5.75 Å². The Bertz CT molecular complexity index is 393. The lowest BCUT2D eigenvalue weighted by atomic mass is 9.96. The van der Waals surface area contributed by atoms with Crippen LogP contribution < -0.4 is 9.64 Å². The summed E-state index contributed by atoms with van der Waals surface area (Å²) in [6, 6.07) is 6.19. The molecule has 2 aliphatic rings. The molecule has 1 aliphatic carbocycles. The number of benzene rings is 1. The smallest absolute Gasteiger partial charge is 0.142 e. The molecule has 0 aromatic heterocycles. The fourth-order valence-corrected chi connectivity index (χ4v) is 2.69. The van der Waals surface area contributed by atoms with E-state index in [0.29, 0.717) is 5.41 Å². The molecule has 3 heteroatoms. The molecule has 1 aromatic rings. The first-order valence-corrected chi connectivity index (χ1v) is 6.10. The van der Waals surface area contributed by atoms with Crippen LogP contribution in [0.25, 0.3) is 0 Å². The average molecular weight is 268 g/mol. The maximum absolute atomic E-state index is 5.38. The van der Waals surface area contributed by atoms with Gasteiger partial charge in [0, 0.05) is 23.0 Å². The Morgan fingerprint density at radius 1 is 1.33 bits per heavy atom. The van der Waals surface area contributed by atoms with Gasteiger partial charge in [0.1, 0.15) is 5.75 Å². The SMILES string of the molecule is COc1ccc(Br)cc1N1CC2(CC2)C1. The number of rotatable bonds is 2. The highest BCUT2D eigenvalue weighted by Gasteiger charge is 2.52. The quantitative estimate of drug-likeness (QED) is 0.817. The Kier molecular flexibility index (Phi) is 2.00. The van der Waals surface area contributed by atoms with E-state index in [4.69, 9.17) is 4.74 Å². The van der Waals surface area contributed by atoms with Crippen LogP contribution in [0.1, 0.15) is 12.8 Å². The molecule has 3 rings (SSSR count). The summed E-state index contributed by atoms with van der Waals surface area (Å²) >= 11 is 3.51.